The van der Waals surface area contributed by atoms with Gasteiger partial charge in [0, 0.05) is 25.2 Å². The van der Waals surface area contributed by atoms with E-state index in [1.165, 1.54) is 12.1 Å². The minimum Gasteiger partial charge on any atom is -0.351 e. The molecule has 0 bridgehead atoms. The van der Waals surface area contributed by atoms with Crippen LogP contribution in [0.4, 0.5) is 0 Å². The van der Waals surface area contributed by atoms with Crippen molar-refractivity contribution in [3.05, 3.63) is 44.6 Å². The Hall–Kier alpha value is -2.12. The summed E-state index contributed by atoms with van der Waals surface area (Å²) in [4.78, 5) is 38.2. The van der Waals surface area contributed by atoms with Crippen molar-refractivity contribution in [2.45, 2.75) is 13.5 Å². The predicted octanol–water partition coefficient (Wildman–Crippen LogP) is -0.180. The fourth-order valence-electron chi connectivity index (χ4n) is 1.97. The van der Waals surface area contributed by atoms with E-state index < -0.39 is 5.69 Å². The van der Waals surface area contributed by atoms with Crippen LogP contribution in [0.1, 0.15) is 17.3 Å². The number of aromatic amines is 1. The lowest BCUT2D eigenvalue weighted by molar-refractivity contribution is 0.0955. The van der Waals surface area contributed by atoms with Gasteiger partial charge >= 0.3 is 5.69 Å². The summed E-state index contributed by atoms with van der Waals surface area (Å²) in [6, 6.07) is 4.58. The summed E-state index contributed by atoms with van der Waals surface area (Å²) in [6.45, 7) is 2.72. The largest absolute Gasteiger partial charge is 0.351 e. The number of benzene rings is 1. The first kappa shape index (κ1) is 16.9. The molecule has 2 aromatic rings. The number of halogens is 1. The molecule has 21 heavy (non-hydrogen) atoms. The van der Waals surface area contributed by atoms with Gasteiger partial charge in [0.15, 0.2) is 0 Å². The first-order valence-electron chi connectivity index (χ1n) is 6.33. The van der Waals surface area contributed by atoms with Gasteiger partial charge in [-0.1, -0.05) is 0 Å². The molecule has 0 aliphatic rings. The molecule has 0 saturated carbocycles. The molecular formula is C13H17ClN4O3. The molecule has 1 aromatic heterocycles. The normalized spacial score (nSPS) is 10.2. The fraction of sp³-hybridized carbons (Fsp3) is 0.308. The smallest absolute Gasteiger partial charge is 0.328 e. The Morgan fingerprint density at radius 1 is 1.38 bits per heavy atom. The zero-order valence-corrected chi connectivity index (χ0v) is 12.3. The van der Waals surface area contributed by atoms with Crippen molar-refractivity contribution in [2.75, 3.05) is 13.1 Å². The number of carbonyl (C=O) groups is 1. The summed E-state index contributed by atoms with van der Waals surface area (Å²) in [7, 11) is 0. The molecular weight excluding hydrogens is 296 g/mol. The molecule has 0 aliphatic heterocycles. The van der Waals surface area contributed by atoms with E-state index in [4.69, 9.17) is 5.73 Å². The van der Waals surface area contributed by atoms with Gasteiger partial charge in [0.05, 0.1) is 10.9 Å². The van der Waals surface area contributed by atoms with Gasteiger partial charge in [0.25, 0.3) is 11.5 Å². The number of carbonyl (C=O) groups excluding carboxylic acids is 1. The van der Waals surface area contributed by atoms with Crippen LogP contribution in [-0.2, 0) is 6.54 Å². The SMILES string of the molecule is CCn1c(=O)[nH]c2cc(C(=O)NCCN)ccc2c1=O.Cl. The van der Waals surface area contributed by atoms with Crippen LogP contribution in [0.2, 0.25) is 0 Å². The van der Waals surface area contributed by atoms with Crippen molar-refractivity contribution in [1.82, 2.24) is 14.9 Å². The van der Waals surface area contributed by atoms with Crippen molar-refractivity contribution in [3.63, 3.8) is 0 Å². The zero-order chi connectivity index (χ0) is 14.7. The van der Waals surface area contributed by atoms with Gasteiger partial charge in [-0.2, -0.15) is 0 Å². The van der Waals surface area contributed by atoms with E-state index in [1.807, 2.05) is 0 Å². The van der Waals surface area contributed by atoms with Crippen molar-refractivity contribution >= 4 is 29.2 Å². The molecule has 4 N–H and O–H groups in total. The summed E-state index contributed by atoms with van der Waals surface area (Å²) in [5.74, 6) is -0.294. The Balaban J connectivity index is 0.00000220. The highest BCUT2D eigenvalue weighted by Crippen LogP contribution is 2.09. The molecule has 1 aromatic carbocycles. The number of rotatable bonds is 4. The average Bonchev–Trinajstić information content (AvgIpc) is 2.44. The Kier molecular flexibility index (Phi) is 5.69. The second-order valence-electron chi connectivity index (χ2n) is 4.28. The molecule has 0 radical (unpaired) electrons. The highest BCUT2D eigenvalue weighted by molar-refractivity contribution is 5.97. The van der Waals surface area contributed by atoms with Crippen molar-refractivity contribution in [1.29, 1.82) is 0 Å². The molecule has 8 heteroatoms. The van der Waals surface area contributed by atoms with E-state index in [0.717, 1.165) is 4.57 Å². The van der Waals surface area contributed by atoms with Gasteiger partial charge < -0.3 is 16.0 Å². The molecule has 0 atom stereocenters. The number of fused-ring (bicyclic) bond motifs is 1. The Morgan fingerprint density at radius 2 is 2.10 bits per heavy atom. The standard InChI is InChI=1S/C13H16N4O3.ClH/c1-2-17-12(19)9-4-3-8(11(18)15-6-5-14)7-10(9)16-13(17)20;/h3-4,7H,2,5-6,14H2,1H3,(H,15,18)(H,16,20);1H. The van der Waals surface area contributed by atoms with Gasteiger partial charge in [0.1, 0.15) is 0 Å². The lowest BCUT2D eigenvalue weighted by Gasteiger charge is -2.06. The van der Waals surface area contributed by atoms with E-state index in [0.29, 0.717) is 36.1 Å². The van der Waals surface area contributed by atoms with Gasteiger partial charge in [0.2, 0.25) is 0 Å². The minimum atomic E-state index is -0.482. The number of nitrogens with zero attached hydrogens (tertiary/aromatic N) is 1. The Labute approximate surface area is 126 Å². The van der Waals surface area contributed by atoms with Gasteiger partial charge in [-0.15, -0.1) is 12.4 Å². The lowest BCUT2D eigenvalue weighted by atomic mass is 10.1. The monoisotopic (exact) mass is 312 g/mol. The van der Waals surface area contributed by atoms with E-state index in [-0.39, 0.29) is 23.9 Å². The molecule has 2 rings (SSSR count). The third kappa shape index (κ3) is 3.32. The third-order valence-electron chi connectivity index (χ3n) is 2.99. The quantitative estimate of drug-likeness (QED) is 0.727. The maximum absolute atomic E-state index is 12.1. The van der Waals surface area contributed by atoms with Crippen LogP contribution < -0.4 is 22.3 Å². The molecule has 1 amide bonds. The highest BCUT2D eigenvalue weighted by atomic mass is 35.5. The van der Waals surface area contributed by atoms with Crippen molar-refractivity contribution in [3.8, 4) is 0 Å². The van der Waals surface area contributed by atoms with Gasteiger partial charge in [-0.3, -0.25) is 14.2 Å². The molecule has 0 aliphatic carbocycles. The molecule has 0 spiro atoms. The minimum absolute atomic E-state index is 0. The third-order valence-corrected chi connectivity index (χ3v) is 2.99. The summed E-state index contributed by atoms with van der Waals surface area (Å²) in [6.07, 6.45) is 0. The van der Waals surface area contributed by atoms with Crippen LogP contribution in [0.3, 0.4) is 0 Å². The predicted molar refractivity (Wildman–Crippen MR) is 83.1 cm³/mol. The summed E-state index contributed by atoms with van der Waals surface area (Å²) in [5.41, 5.74) is 5.19. The molecule has 0 fully saturated rings. The van der Waals surface area contributed by atoms with Crippen LogP contribution in [-0.4, -0.2) is 28.5 Å². The molecule has 0 unspecified atom stereocenters. The van der Waals surface area contributed by atoms with Gasteiger partial charge in [-0.25, -0.2) is 4.79 Å². The highest BCUT2D eigenvalue weighted by Gasteiger charge is 2.10. The zero-order valence-electron chi connectivity index (χ0n) is 11.5. The van der Waals surface area contributed by atoms with Crippen molar-refractivity contribution < 1.29 is 4.79 Å². The number of aromatic nitrogens is 2. The number of nitrogens with one attached hydrogen (secondary N) is 2. The second-order valence-corrected chi connectivity index (χ2v) is 4.28. The van der Waals surface area contributed by atoms with E-state index >= 15 is 0 Å². The van der Waals surface area contributed by atoms with E-state index in [2.05, 4.69) is 10.3 Å². The molecule has 7 nitrogen and oxygen atoms in total. The van der Waals surface area contributed by atoms with Crippen molar-refractivity contribution in [2.24, 2.45) is 5.73 Å². The first-order chi connectivity index (χ1) is 9.58. The lowest BCUT2D eigenvalue weighted by Crippen LogP contribution is -2.34. The number of hydrogen-bond donors (Lipinski definition) is 3. The van der Waals surface area contributed by atoms with Crippen LogP contribution in [0.5, 0.6) is 0 Å². The first-order valence-corrected chi connectivity index (χ1v) is 6.33. The Bertz CT molecular complexity index is 766. The summed E-state index contributed by atoms with van der Waals surface area (Å²) >= 11 is 0. The molecule has 1 heterocycles. The van der Waals surface area contributed by atoms with Crippen LogP contribution >= 0.6 is 12.4 Å². The van der Waals surface area contributed by atoms with Gasteiger partial charge in [-0.05, 0) is 25.1 Å². The topological polar surface area (TPSA) is 110 Å². The Morgan fingerprint density at radius 3 is 2.71 bits per heavy atom. The summed E-state index contributed by atoms with van der Waals surface area (Å²) in [5, 5.41) is 3.00. The fourth-order valence-corrected chi connectivity index (χ4v) is 1.97. The van der Waals surface area contributed by atoms with Crippen LogP contribution in [0.15, 0.2) is 27.8 Å². The molecule has 0 saturated heterocycles. The maximum atomic E-state index is 12.1. The number of hydrogen-bond acceptors (Lipinski definition) is 4. The van der Waals surface area contributed by atoms with E-state index in [1.54, 1.807) is 13.0 Å². The number of amides is 1. The maximum Gasteiger partial charge on any atom is 0.328 e. The number of H-pyrrole nitrogens is 1. The second kappa shape index (κ2) is 7.05. The average molecular weight is 313 g/mol. The number of nitrogens with two attached hydrogens (primary N) is 1. The summed E-state index contributed by atoms with van der Waals surface area (Å²) < 4.78 is 1.11. The van der Waals surface area contributed by atoms with E-state index in [9.17, 15) is 14.4 Å². The van der Waals surface area contributed by atoms with Crippen LogP contribution in [0.25, 0.3) is 10.9 Å². The molecule has 114 valence electrons. The van der Waals surface area contributed by atoms with Crippen LogP contribution in [0, 0.1) is 0 Å².